The van der Waals surface area contributed by atoms with Crippen molar-refractivity contribution >= 4 is 15.9 Å². The molecule has 1 rings (SSSR count). The van der Waals surface area contributed by atoms with Crippen LogP contribution in [0.25, 0.3) is 0 Å². The van der Waals surface area contributed by atoms with Crippen LogP contribution in [-0.4, -0.2) is 6.61 Å². The van der Waals surface area contributed by atoms with Crippen molar-refractivity contribution in [2.45, 2.75) is 6.92 Å². The summed E-state index contributed by atoms with van der Waals surface area (Å²) >= 11 is 2.89. The second-order valence-corrected chi connectivity index (χ2v) is 2.90. The molecule has 0 aromatic heterocycles. The smallest absolute Gasteiger partial charge is 0.176 e. The Hall–Kier alpha value is -0.640. The summed E-state index contributed by atoms with van der Waals surface area (Å²) in [6, 6.07) is 2.41. The zero-order valence-electron chi connectivity index (χ0n) is 6.40. The first-order valence-electron chi connectivity index (χ1n) is 3.43. The Morgan fingerprint density at radius 3 is 2.67 bits per heavy atom. The molecule has 0 spiro atoms. The zero-order chi connectivity index (χ0) is 9.14. The van der Waals surface area contributed by atoms with Crippen molar-refractivity contribution in [3.63, 3.8) is 0 Å². The molecule has 0 aliphatic heterocycles. The molecule has 12 heavy (non-hydrogen) atoms. The summed E-state index contributed by atoms with van der Waals surface area (Å²) in [5, 5.41) is 0. The van der Waals surface area contributed by atoms with Gasteiger partial charge in [0, 0.05) is 0 Å². The van der Waals surface area contributed by atoms with Gasteiger partial charge in [-0.2, -0.15) is 0 Å². The molecule has 0 N–H and O–H groups in total. The Morgan fingerprint density at radius 1 is 1.42 bits per heavy atom. The molecular weight excluding hydrogens is 230 g/mol. The van der Waals surface area contributed by atoms with Crippen LogP contribution in [0.4, 0.5) is 8.78 Å². The largest absolute Gasteiger partial charge is 0.493 e. The molecule has 0 amide bonds. The summed E-state index contributed by atoms with van der Waals surface area (Å²) in [6.45, 7) is 2.19. The van der Waals surface area contributed by atoms with E-state index in [2.05, 4.69) is 15.9 Å². The highest BCUT2D eigenvalue weighted by atomic mass is 79.9. The van der Waals surface area contributed by atoms with Crippen LogP contribution in [0, 0.1) is 11.6 Å². The van der Waals surface area contributed by atoms with E-state index in [0.717, 1.165) is 6.07 Å². The number of hydrogen-bond acceptors (Lipinski definition) is 1. The lowest BCUT2D eigenvalue weighted by molar-refractivity contribution is 0.333. The van der Waals surface area contributed by atoms with E-state index in [1.54, 1.807) is 6.92 Å². The van der Waals surface area contributed by atoms with Crippen LogP contribution in [0.3, 0.4) is 0 Å². The van der Waals surface area contributed by atoms with E-state index in [1.165, 1.54) is 6.07 Å². The van der Waals surface area contributed by atoms with Gasteiger partial charge in [0.05, 0.1) is 11.1 Å². The van der Waals surface area contributed by atoms with Gasteiger partial charge < -0.3 is 4.74 Å². The first-order valence-corrected chi connectivity index (χ1v) is 4.22. The van der Waals surface area contributed by atoms with Crippen molar-refractivity contribution in [2.24, 2.45) is 0 Å². The van der Waals surface area contributed by atoms with Crippen molar-refractivity contribution in [1.82, 2.24) is 0 Å². The van der Waals surface area contributed by atoms with E-state index in [9.17, 15) is 8.78 Å². The highest BCUT2D eigenvalue weighted by Crippen LogP contribution is 2.29. The first kappa shape index (κ1) is 9.45. The Kier molecular flexibility index (Phi) is 3.03. The van der Waals surface area contributed by atoms with Crippen LogP contribution in [0.2, 0.25) is 0 Å². The fourth-order valence-electron chi connectivity index (χ4n) is 0.775. The molecule has 0 radical (unpaired) electrons. The van der Waals surface area contributed by atoms with Crippen LogP contribution in [0.1, 0.15) is 6.92 Å². The third-order valence-electron chi connectivity index (χ3n) is 1.30. The van der Waals surface area contributed by atoms with E-state index in [-0.39, 0.29) is 4.47 Å². The second-order valence-electron chi connectivity index (χ2n) is 2.11. The number of benzene rings is 1. The Morgan fingerprint density at radius 2 is 2.08 bits per heavy atom. The maximum Gasteiger partial charge on any atom is 0.176 e. The van der Waals surface area contributed by atoms with E-state index in [0.29, 0.717) is 12.4 Å². The van der Waals surface area contributed by atoms with E-state index in [4.69, 9.17) is 4.74 Å². The fraction of sp³-hybridized carbons (Fsp3) is 0.250. The summed E-state index contributed by atoms with van der Waals surface area (Å²) in [7, 11) is 0. The molecular formula is C8H7BrF2O. The van der Waals surface area contributed by atoms with Crippen LogP contribution in [-0.2, 0) is 0 Å². The molecule has 1 aromatic rings. The molecule has 1 nitrogen and oxygen atoms in total. The molecule has 1 aromatic carbocycles. The average molecular weight is 237 g/mol. The molecule has 4 heteroatoms. The minimum Gasteiger partial charge on any atom is -0.493 e. The molecule has 0 fully saturated rings. The van der Waals surface area contributed by atoms with Crippen molar-refractivity contribution in [3.05, 3.63) is 28.2 Å². The fourth-order valence-corrected chi connectivity index (χ4v) is 1.21. The van der Waals surface area contributed by atoms with Crippen molar-refractivity contribution in [1.29, 1.82) is 0 Å². The first-order chi connectivity index (χ1) is 5.66. The van der Waals surface area contributed by atoms with Gasteiger partial charge in [0.25, 0.3) is 0 Å². The minimum absolute atomic E-state index is 0.0318. The Balaban J connectivity index is 3.08. The molecule has 0 aliphatic carbocycles. The number of rotatable bonds is 2. The Bertz CT molecular complexity index is 289. The van der Waals surface area contributed by atoms with Crippen molar-refractivity contribution in [2.75, 3.05) is 6.61 Å². The lowest BCUT2D eigenvalue weighted by atomic mass is 10.3. The van der Waals surface area contributed by atoms with Crippen LogP contribution in [0.5, 0.6) is 5.75 Å². The van der Waals surface area contributed by atoms with Gasteiger partial charge in [-0.15, -0.1) is 0 Å². The maximum absolute atomic E-state index is 12.8. The highest BCUT2D eigenvalue weighted by Gasteiger charge is 2.10. The molecule has 66 valence electrons. The number of hydrogen-bond donors (Lipinski definition) is 0. The van der Waals surface area contributed by atoms with Gasteiger partial charge in [0.1, 0.15) is 5.75 Å². The average Bonchev–Trinajstić information content (AvgIpc) is 2.07. The summed E-state index contributed by atoms with van der Waals surface area (Å²) in [6.07, 6.45) is 0. The third kappa shape index (κ3) is 1.75. The SMILES string of the molecule is CCOc1ccc(F)c(F)c1Br. The normalized spacial score (nSPS) is 10.0. The molecule has 0 aliphatic rings. The third-order valence-corrected chi connectivity index (χ3v) is 2.04. The summed E-state index contributed by atoms with van der Waals surface area (Å²) in [4.78, 5) is 0. The topological polar surface area (TPSA) is 9.23 Å². The van der Waals surface area contributed by atoms with E-state index >= 15 is 0 Å². The summed E-state index contributed by atoms with van der Waals surface area (Å²) < 4.78 is 30.4. The molecule has 0 heterocycles. The van der Waals surface area contributed by atoms with E-state index < -0.39 is 11.6 Å². The van der Waals surface area contributed by atoms with Gasteiger partial charge in [-0.1, -0.05) is 0 Å². The van der Waals surface area contributed by atoms with Gasteiger partial charge >= 0.3 is 0 Å². The van der Waals surface area contributed by atoms with Gasteiger partial charge in [0.15, 0.2) is 11.6 Å². The lowest BCUT2D eigenvalue weighted by Crippen LogP contribution is -1.95. The summed E-state index contributed by atoms with van der Waals surface area (Å²) in [5.41, 5.74) is 0. The molecule has 0 atom stereocenters. The molecule has 0 saturated carbocycles. The van der Waals surface area contributed by atoms with Gasteiger partial charge in [-0.25, -0.2) is 8.78 Å². The number of halogens is 3. The Labute approximate surface area is 77.5 Å². The predicted octanol–water partition coefficient (Wildman–Crippen LogP) is 3.13. The monoisotopic (exact) mass is 236 g/mol. The van der Waals surface area contributed by atoms with Crippen molar-refractivity contribution in [3.8, 4) is 5.75 Å². The summed E-state index contributed by atoms with van der Waals surface area (Å²) in [5.74, 6) is -1.48. The van der Waals surface area contributed by atoms with Gasteiger partial charge in [0.2, 0.25) is 0 Å². The second kappa shape index (κ2) is 3.85. The van der Waals surface area contributed by atoms with Crippen LogP contribution < -0.4 is 4.74 Å². The minimum atomic E-state index is -0.916. The van der Waals surface area contributed by atoms with Gasteiger partial charge in [-0.05, 0) is 35.0 Å². The quantitative estimate of drug-likeness (QED) is 0.718. The van der Waals surface area contributed by atoms with E-state index in [1.807, 2.05) is 0 Å². The molecule has 0 saturated heterocycles. The molecule has 0 unspecified atom stereocenters. The number of ether oxygens (including phenoxy) is 1. The lowest BCUT2D eigenvalue weighted by Gasteiger charge is -2.05. The van der Waals surface area contributed by atoms with Crippen molar-refractivity contribution < 1.29 is 13.5 Å². The maximum atomic E-state index is 12.8. The van der Waals surface area contributed by atoms with Gasteiger partial charge in [-0.3, -0.25) is 0 Å². The van der Waals surface area contributed by atoms with Crippen LogP contribution in [0.15, 0.2) is 16.6 Å². The predicted molar refractivity (Wildman–Crippen MR) is 45.2 cm³/mol. The van der Waals surface area contributed by atoms with Crippen LogP contribution >= 0.6 is 15.9 Å². The highest BCUT2D eigenvalue weighted by molar-refractivity contribution is 9.10. The zero-order valence-corrected chi connectivity index (χ0v) is 7.99. The molecule has 0 bridgehead atoms. The standard InChI is InChI=1S/C8H7BrF2O/c1-2-12-6-4-3-5(10)8(11)7(6)9/h3-4H,2H2,1H3.